The topological polar surface area (TPSA) is 103 Å². The number of carboxylic acid groups (broad SMARTS) is 2. The van der Waals surface area contributed by atoms with Crippen molar-refractivity contribution < 1.29 is 50.9 Å². The van der Waals surface area contributed by atoms with Gasteiger partial charge in [-0.1, -0.05) is 13.0 Å². The van der Waals surface area contributed by atoms with Crippen molar-refractivity contribution in [3.05, 3.63) is 76.5 Å². The fourth-order valence-electron chi connectivity index (χ4n) is 5.29. The van der Waals surface area contributed by atoms with Crippen molar-refractivity contribution >= 4 is 17.9 Å². The van der Waals surface area contributed by atoms with Crippen molar-refractivity contribution in [3.63, 3.8) is 0 Å². The maximum atomic E-state index is 13.6. The number of aromatic nitrogens is 1. The van der Waals surface area contributed by atoms with Gasteiger partial charge in [0.1, 0.15) is 11.6 Å². The number of hydrogen-bond acceptors (Lipinski definition) is 5. The summed E-state index contributed by atoms with van der Waals surface area (Å²) < 4.78 is 87.0. The lowest BCUT2D eigenvalue weighted by molar-refractivity contribution is -0.143. The number of carboxylic acids is 1. The molecule has 1 aliphatic heterocycles. The Morgan fingerprint density at radius 2 is 1.57 bits per heavy atom. The van der Waals surface area contributed by atoms with Gasteiger partial charge in [-0.3, -0.25) is 9.69 Å². The third kappa shape index (κ3) is 7.83. The van der Waals surface area contributed by atoms with Crippen molar-refractivity contribution in [3.8, 4) is 16.9 Å². The maximum Gasteiger partial charge on any atom is 0.416 e. The van der Waals surface area contributed by atoms with Gasteiger partial charge < -0.3 is 19.8 Å². The van der Waals surface area contributed by atoms with Crippen LogP contribution in [0.2, 0.25) is 0 Å². The summed E-state index contributed by atoms with van der Waals surface area (Å²) in [7, 11) is 1.44. The number of aliphatic carboxylic acids is 1. The average Bonchev–Trinajstić information content (AvgIpc) is 2.96. The zero-order valence-corrected chi connectivity index (χ0v) is 25.2. The summed E-state index contributed by atoms with van der Waals surface area (Å²) in [4.78, 5) is 31.5. The minimum Gasteiger partial charge on any atom is -0.496 e. The third-order valence-corrected chi connectivity index (χ3v) is 8.24. The molecule has 2 N–H and O–H groups in total. The van der Waals surface area contributed by atoms with E-state index in [0.29, 0.717) is 40.4 Å². The minimum atomic E-state index is -5.06. The third-order valence-electron chi connectivity index (χ3n) is 8.24. The number of alkyl halides is 6. The van der Waals surface area contributed by atoms with E-state index in [2.05, 4.69) is 0 Å². The molecule has 1 aliphatic rings. The number of aryl methyl sites for hydroxylation is 1. The molecule has 0 aliphatic carbocycles. The van der Waals surface area contributed by atoms with Gasteiger partial charge in [-0.25, -0.2) is 9.78 Å². The maximum absolute atomic E-state index is 13.6. The normalized spacial score (nSPS) is 14.8. The highest BCUT2D eigenvalue weighted by atomic mass is 19.4. The first-order chi connectivity index (χ1) is 21.5. The summed E-state index contributed by atoms with van der Waals surface area (Å²) in [6.07, 6.45) is -10.5. The second-order valence-corrected chi connectivity index (χ2v) is 11.2. The number of benzene rings is 2. The van der Waals surface area contributed by atoms with Crippen LogP contribution < -0.4 is 9.64 Å². The van der Waals surface area contributed by atoms with E-state index >= 15 is 0 Å². The van der Waals surface area contributed by atoms with Gasteiger partial charge >= 0.3 is 24.4 Å². The zero-order valence-electron chi connectivity index (χ0n) is 25.2. The van der Waals surface area contributed by atoms with Crippen LogP contribution in [0.5, 0.6) is 5.75 Å². The SMILES string of the molecule is COc1ccc(CCC(=O)O)cc1-c1ccc(N2CCC2)nc1CN(C(=O)O)C(C)C(C)c1cc(C(F)(F)F)cc(C(F)(F)F)c1. The number of anilines is 1. The van der Waals surface area contributed by atoms with Gasteiger partial charge in [0.15, 0.2) is 0 Å². The predicted molar refractivity (Wildman–Crippen MR) is 157 cm³/mol. The van der Waals surface area contributed by atoms with Crippen LogP contribution >= 0.6 is 0 Å². The summed E-state index contributed by atoms with van der Waals surface area (Å²) in [5.74, 6) is -1.09. The van der Waals surface area contributed by atoms with Gasteiger partial charge in [0.05, 0.1) is 30.5 Å². The molecule has 2 atom stereocenters. The van der Waals surface area contributed by atoms with Crippen molar-refractivity contribution in [1.82, 2.24) is 9.88 Å². The highest BCUT2D eigenvalue weighted by Crippen LogP contribution is 2.40. The molecule has 0 radical (unpaired) electrons. The first-order valence-electron chi connectivity index (χ1n) is 14.4. The molecule has 8 nitrogen and oxygen atoms in total. The van der Waals surface area contributed by atoms with Crippen LogP contribution in [0.3, 0.4) is 0 Å². The number of methoxy groups -OCH3 is 1. The summed E-state index contributed by atoms with van der Waals surface area (Å²) in [6.45, 7) is 3.89. The number of rotatable bonds is 11. The largest absolute Gasteiger partial charge is 0.496 e. The molecule has 0 bridgehead atoms. The van der Waals surface area contributed by atoms with E-state index < -0.39 is 47.5 Å². The van der Waals surface area contributed by atoms with Gasteiger partial charge in [-0.2, -0.15) is 26.3 Å². The molecule has 0 spiro atoms. The zero-order chi connectivity index (χ0) is 34.0. The number of amides is 1. The molecule has 248 valence electrons. The van der Waals surface area contributed by atoms with E-state index in [-0.39, 0.29) is 36.7 Å². The summed E-state index contributed by atoms with van der Waals surface area (Å²) in [5, 5.41) is 19.4. The Labute approximate surface area is 261 Å². The molecule has 2 unspecified atom stereocenters. The number of nitrogens with zero attached hydrogens (tertiary/aromatic N) is 3. The summed E-state index contributed by atoms with van der Waals surface area (Å²) in [6, 6.07) is 8.76. The smallest absolute Gasteiger partial charge is 0.416 e. The fraction of sp³-hybridized carbons (Fsp3) is 0.406. The van der Waals surface area contributed by atoms with Gasteiger partial charge in [-0.15, -0.1) is 0 Å². The molecular weight excluding hydrogens is 620 g/mol. The van der Waals surface area contributed by atoms with Crippen LogP contribution in [0, 0.1) is 0 Å². The Balaban J connectivity index is 1.78. The molecule has 1 saturated heterocycles. The van der Waals surface area contributed by atoms with E-state index in [9.17, 15) is 41.0 Å². The van der Waals surface area contributed by atoms with Crippen molar-refractivity contribution in [2.24, 2.45) is 0 Å². The molecule has 0 saturated carbocycles. The van der Waals surface area contributed by atoms with Gasteiger partial charge in [0.2, 0.25) is 0 Å². The number of carbonyl (C=O) groups is 2. The first kappa shape index (κ1) is 34.4. The molecule has 4 rings (SSSR count). The number of hydrogen-bond donors (Lipinski definition) is 2. The lowest BCUT2D eigenvalue weighted by Crippen LogP contribution is -2.41. The molecule has 1 fully saturated rings. The Morgan fingerprint density at radius 1 is 0.935 bits per heavy atom. The second kappa shape index (κ2) is 13.5. The standard InChI is InChI=1S/C32H33F6N3O5/c1-18(21-14-22(31(33,34)35)16-23(15-21)32(36,37)38)19(2)41(30(44)45)17-26-24(7-9-28(39-26)40-11-4-12-40)25-13-20(6-10-29(42)43)5-8-27(25)46-3/h5,7-9,13-16,18-19H,4,6,10-12,17H2,1-3H3,(H,42,43)(H,44,45). The molecule has 46 heavy (non-hydrogen) atoms. The van der Waals surface area contributed by atoms with Crippen LogP contribution in [0.15, 0.2) is 48.5 Å². The van der Waals surface area contributed by atoms with E-state index in [4.69, 9.17) is 14.8 Å². The van der Waals surface area contributed by atoms with Crippen LogP contribution in [0.1, 0.15) is 60.6 Å². The van der Waals surface area contributed by atoms with E-state index in [1.165, 1.54) is 21.0 Å². The lowest BCUT2D eigenvalue weighted by atomic mass is 9.90. The summed E-state index contributed by atoms with van der Waals surface area (Å²) >= 11 is 0. The highest BCUT2D eigenvalue weighted by Gasteiger charge is 2.38. The van der Waals surface area contributed by atoms with Crippen LogP contribution in [0.25, 0.3) is 11.1 Å². The Hall–Kier alpha value is -4.49. The van der Waals surface area contributed by atoms with Gasteiger partial charge in [0.25, 0.3) is 0 Å². The molecule has 2 heterocycles. The highest BCUT2D eigenvalue weighted by molar-refractivity contribution is 5.75. The monoisotopic (exact) mass is 653 g/mol. The van der Waals surface area contributed by atoms with E-state index in [0.717, 1.165) is 24.4 Å². The number of pyridine rings is 1. The Morgan fingerprint density at radius 3 is 2.07 bits per heavy atom. The quantitative estimate of drug-likeness (QED) is 0.205. The molecule has 14 heteroatoms. The van der Waals surface area contributed by atoms with Crippen molar-refractivity contribution in [1.29, 1.82) is 0 Å². The van der Waals surface area contributed by atoms with Crippen molar-refractivity contribution in [2.75, 3.05) is 25.1 Å². The van der Waals surface area contributed by atoms with Crippen LogP contribution in [-0.2, 0) is 30.1 Å². The van der Waals surface area contributed by atoms with E-state index in [1.54, 1.807) is 30.3 Å². The van der Waals surface area contributed by atoms with Gasteiger partial charge in [0, 0.05) is 42.6 Å². The predicted octanol–water partition coefficient (Wildman–Crippen LogP) is 7.69. The number of ether oxygens (including phenoxy) is 1. The molecule has 3 aromatic rings. The van der Waals surface area contributed by atoms with Gasteiger partial charge in [-0.05, 0) is 73.4 Å². The minimum absolute atomic E-state index is 0.0330. The van der Waals surface area contributed by atoms with Crippen molar-refractivity contribution in [2.45, 2.75) is 64.0 Å². The first-order valence-corrected chi connectivity index (χ1v) is 14.4. The summed E-state index contributed by atoms with van der Waals surface area (Å²) in [5.41, 5.74) is -1.35. The molecule has 1 aromatic heterocycles. The Bertz CT molecular complexity index is 1560. The second-order valence-electron chi connectivity index (χ2n) is 11.2. The lowest BCUT2D eigenvalue weighted by Gasteiger charge is -2.34. The van der Waals surface area contributed by atoms with Crippen LogP contribution in [0.4, 0.5) is 37.0 Å². The Kier molecular flexibility index (Phi) is 10.1. The number of halogens is 6. The fourth-order valence-corrected chi connectivity index (χ4v) is 5.29. The van der Waals surface area contributed by atoms with E-state index in [1.807, 2.05) is 4.90 Å². The average molecular weight is 654 g/mol. The molecule has 2 aromatic carbocycles. The van der Waals surface area contributed by atoms with Crippen LogP contribution in [-0.4, -0.2) is 58.4 Å². The molecule has 1 amide bonds. The molecular formula is C32H33F6N3O5.